The summed E-state index contributed by atoms with van der Waals surface area (Å²) in [5.41, 5.74) is 17.1. The monoisotopic (exact) mass is 836 g/mol. The summed E-state index contributed by atoms with van der Waals surface area (Å²) in [6, 6.07) is -7.67. The van der Waals surface area contributed by atoms with E-state index in [1.165, 1.54) is 17.4 Å². The van der Waals surface area contributed by atoms with Gasteiger partial charge in [0.15, 0.2) is 5.96 Å². The second-order valence-electron chi connectivity index (χ2n) is 14.4. The van der Waals surface area contributed by atoms with Crippen LogP contribution in [0.2, 0.25) is 0 Å². The molecule has 0 aliphatic carbocycles. The minimum absolute atomic E-state index is 0.0464. The SMILES string of the molecule is CC(C)C[C@H](NC(=O)[C@H](Cc1cnc[nH]1)NC(=O)CNC(=O)[C@@H]1CCCN1C(=O)[C@@H](N)CCC(=O)O)C(=O)N[C@@H](CCCN=C(N)N)C(=O)N[C@@H](CCC(=O)O)C(=O)O. The van der Waals surface area contributed by atoms with Crippen LogP contribution >= 0.6 is 0 Å². The van der Waals surface area contributed by atoms with Gasteiger partial charge in [0, 0.05) is 44.2 Å². The van der Waals surface area contributed by atoms with E-state index in [-0.39, 0.29) is 69.9 Å². The van der Waals surface area contributed by atoms with Gasteiger partial charge in [0.05, 0.1) is 18.9 Å². The van der Waals surface area contributed by atoms with Crippen LogP contribution in [0.15, 0.2) is 17.5 Å². The number of H-pyrrole nitrogens is 1. The van der Waals surface area contributed by atoms with E-state index in [1.807, 2.05) is 0 Å². The van der Waals surface area contributed by atoms with Gasteiger partial charge in [-0.05, 0) is 50.9 Å². The maximum Gasteiger partial charge on any atom is 0.326 e. The van der Waals surface area contributed by atoms with E-state index in [4.69, 9.17) is 27.4 Å². The number of rotatable bonds is 26. The Morgan fingerprint density at radius 3 is 2.07 bits per heavy atom. The Morgan fingerprint density at radius 2 is 1.47 bits per heavy atom. The van der Waals surface area contributed by atoms with E-state index in [0.29, 0.717) is 12.1 Å². The number of hydrogen-bond acceptors (Lipinski definition) is 12. The van der Waals surface area contributed by atoms with Crippen molar-refractivity contribution in [1.82, 2.24) is 41.5 Å². The zero-order valence-electron chi connectivity index (χ0n) is 33.0. The highest BCUT2D eigenvalue weighted by Crippen LogP contribution is 2.19. The van der Waals surface area contributed by atoms with Crippen LogP contribution in [0.25, 0.3) is 0 Å². The smallest absolute Gasteiger partial charge is 0.326 e. The van der Waals surface area contributed by atoms with Crippen LogP contribution in [-0.4, -0.2) is 145 Å². The predicted octanol–water partition coefficient (Wildman–Crippen LogP) is -3.76. The lowest BCUT2D eigenvalue weighted by molar-refractivity contribution is -0.143. The summed E-state index contributed by atoms with van der Waals surface area (Å²) in [5.74, 6) is -8.97. The molecule has 15 N–H and O–H groups in total. The summed E-state index contributed by atoms with van der Waals surface area (Å²) in [7, 11) is 0. The molecule has 1 aromatic rings. The highest BCUT2D eigenvalue weighted by atomic mass is 16.4. The molecule has 59 heavy (non-hydrogen) atoms. The van der Waals surface area contributed by atoms with E-state index in [1.54, 1.807) is 13.8 Å². The maximum atomic E-state index is 13.8. The molecule has 1 fully saturated rings. The number of nitrogens with zero attached hydrogens (tertiary/aromatic N) is 3. The summed E-state index contributed by atoms with van der Waals surface area (Å²) in [6.07, 6.45) is 2.02. The first kappa shape index (κ1) is 48.8. The second-order valence-corrected chi connectivity index (χ2v) is 14.4. The van der Waals surface area contributed by atoms with E-state index in [9.17, 15) is 48.3 Å². The minimum atomic E-state index is -1.59. The summed E-state index contributed by atoms with van der Waals surface area (Å²) in [5, 5.41) is 39.9. The normalized spacial score (nSPS) is 16.1. The van der Waals surface area contributed by atoms with E-state index in [2.05, 4.69) is 41.5 Å². The lowest BCUT2D eigenvalue weighted by Crippen LogP contribution is -2.58. The van der Waals surface area contributed by atoms with Crippen LogP contribution < -0.4 is 43.8 Å². The molecule has 0 aromatic carbocycles. The number of carboxylic acids is 3. The third-order valence-corrected chi connectivity index (χ3v) is 9.06. The quantitative estimate of drug-likeness (QED) is 0.0242. The number of aliphatic imine (C=N–C) groups is 1. The number of carbonyl (C=O) groups excluding carboxylic acids is 6. The van der Waals surface area contributed by atoms with Gasteiger partial charge in [-0.2, -0.15) is 0 Å². The summed E-state index contributed by atoms with van der Waals surface area (Å²) >= 11 is 0. The molecule has 1 saturated heterocycles. The highest BCUT2D eigenvalue weighted by Gasteiger charge is 2.37. The molecule has 6 amide bonds. The minimum Gasteiger partial charge on any atom is -0.481 e. The maximum absolute atomic E-state index is 13.8. The van der Waals surface area contributed by atoms with Crippen LogP contribution in [0, 0.1) is 5.92 Å². The number of likely N-dealkylation sites (tertiary alicyclic amines) is 1. The molecule has 1 aromatic heterocycles. The first-order valence-corrected chi connectivity index (χ1v) is 19.0. The molecule has 1 aliphatic rings. The zero-order chi connectivity index (χ0) is 44.2. The van der Waals surface area contributed by atoms with Crippen molar-refractivity contribution in [2.45, 2.75) is 114 Å². The first-order valence-electron chi connectivity index (χ1n) is 19.0. The van der Waals surface area contributed by atoms with Gasteiger partial charge in [-0.3, -0.25) is 43.3 Å². The van der Waals surface area contributed by atoms with Crippen LogP contribution in [0.4, 0.5) is 0 Å². The molecule has 2 rings (SSSR count). The van der Waals surface area contributed by atoms with Crippen LogP contribution in [0.1, 0.15) is 77.3 Å². The van der Waals surface area contributed by atoms with Gasteiger partial charge in [-0.25, -0.2) is 9.78 Å². The van der Waals surface area contributed by atoms with Crippen molar-refractivity contribution in [3.63, 3.8) is 0 Å². The summed E-state index contributed by atoms with van der Waals surface area (Å²) in [6.45, 7) is 3.18. The van der Waals surface area contributed by atoms with Gasteiger partial charge in [0.1, 0.15) is 30.2 Å². The molecule has 6 atom stereocenters. The number of guanidine groups is 1. The molecule has 0 unspecified atom stereocenters. The van der Waals surface area contributed by atoms with Gasteiger partial charge >= 0.3 is 17.9 Å². The van der Waals surface area contributed by atoms with Crippen LogP contribution in [0.5, 0.6) is 0 Å². The average molecular weight is 837 g/mol. The number of aromatic amines is 1. The largest absolute Gasteiger partial charge is 0.481 e. The number of carbonyl (C=O) groups is 9. The molecule has 1 aliphatic heterocycles. The molecular weight excluding hydrogens is 780 g/mol. The van der Waals surface area contributed by atoms with Crippen molar-refractivity contribution >= 4 is 59.3 Å². The van der Waals surface area contributed by atoms with Gasteiger partial charge < -0.3 is 69.0 Å². The Hall–Kier alpha value is -6.33. The second kappa shape index (κ2) is 24.4. The molecule has 2 heterocycles. The Balaban J connectivity index is 2.21. The third kappa shape index (κ3) is 17.8. The Labute approximate surface area is 339 Å². The third-order valence-electron chi connectivity index (χ3n) is 9.06. The molecule has 0 saturated carbocycles. The molecule has 0 radical (unpaired) electrons. The van der Waals surface area contributed by atoms with Crippen molar-refractivity contribution in [2.75, 3.05) is 19.6 Å². The Kier molecular flexibility index (Phi) is 20.2. The van der Waals surface area contributed by atoms with E-state index in [0.717, 1.165) is 0 Å². The van der Waals surface area contributed by atoms with Gasteiger partial charge in [-0.15, -0.1) is 0 Å². The van der Waals surface area contributed by atoms with Gasteiger partial charge in [-0.1, -0.05) is 13.8 Å². The fraction of sp³-hybridized carbons (Fsp3) is 0.629. The summed E-state index contributed by atoms with van der Waals surface area (Å²) < 4.78 is 0. The van der Waals surface area contributed by atoms with E-state index >= 15 is 0 Å². The Morgan fingerprint density at radius 1 is 0.864 bits per heavy atom. The molecule has 24 heteroatoms. The van der Waals surface area contributed by atoms with Crippen LogP contribution in [0.3, 0.4) is 0 Å². The summed E-state index contributed by atoms with van der Waals surface area (Å²) in [4.78, 5) is 126. The number of carboxylic acid groups (broad SMARTS) is 3. The molecule has 328 valence electrons. The van der Waals surface area contributed by atoms with Crippen LogP contribution in [-0.2, 0) is 49.6 Å². The Bertz CT molecular complexity index is 1670. The fourth-order valence-electron chi connectivity index (χ4n) is 6.09. The number of aromatic nitrogens is 2. The lowest BCUT2D eigenvalue weighted by atomic mass is 10.0. The number of imidazole rings is 1. The first-order chi connectivity index (χ1) is 27.8. The molecular formula is C35H56N12O12. The van der Waals surface area contributed by atoms with Crippen molar-refractivity contribution in [2.24, 2.45) is 28.1 Å². The van der Waals surface area contributed by atoms with Crippen molar-refractivity contribution in [1.29, 1.82) is 0 Å². The van der Waals surface area contributed by atoms with Crippen molar-refractivity contribution in [3.05, 3.63) is 18.2 Å². The zero-order valence-corrected chi connectivity index (χ0v) is 33.0. The predicted molar refractivity (Wildman–Crippen MR) is 206 cm³/mol. The standard InChI is InChI=1S/C35H56N12O12/c1-18(2)13-23(30(54)44-21(5-3-11-40-35(37)38)29(53)45-22(34(58)59)8-10-28(51)52)46-31(55)24(14-19-15-39-17-42-19)43-26(48)16-41-32(56)25-6-4-12-47(25)33(57)20(36)7-9-27(49)50/h15,17-18,20-25H,3-14,16,36H2,1-2H3,(H,39,42)(H,41,56)(H,43,48)(H,44,54)(H,45,53)(H,46,55)(H,49,50)(H,51,52)(H,58,59)(H4,37,38,40)/t20-,21-,22-,23-,24-,25-/m0/s1. The molecule has 0 bridgehead atoms. The highest BCUT2D eigenvalue weighted by molar-refractivity contribution is 5.96. The van der Waals surface area contributed by atoms with Gasteiger partial charge in [0.2, 0.25) is 35.4 Å². The number of amides is 6. The number of aliphatic carboxylic acids is 3. The number of hydrogen-bond donors (Lipinski definition) is 12. The molecule has 24 nitrogen and oxygen atoms in total. The van der Waals surface area contributed by atoms with Crippen molar-refractivity contribution in [3.8, 4) is 0 Å². The number of nitrogens with one attached hydrogen (secondary N) is 6. The van der Waals surface area contributed by atoms with E-state index < -0.39 is 109 Å². The lowest BCUT2D eigenvalue weighted by Gasteiger charge is -2.27. The molecule has 0 spiro atoms. The fourth-order valence-corrected chi connectivity index (χ4v) is 6.09. The van der Waals surface area contributed by atoms with Gasteiger partial charge in [0.25, 0.3) is 0 Å². The van der Waals surface area contributed by atoms with Crippen molar-refractivity contribution < 1.29 is 58.5 Å². The average Bonchev–Trinajstić information content (AvgIpc) is 3.87. The topological polar surface area (TPSA) is 397 Å². The number of nitrogens with two attached hydrogens (primary N) is 3.